The molecule has 31 heavy (non-hydrogen) atoms. The van der Waals surface area contributed by atoms with Gasteiger partial charge in [-0.1, -0.05) is 18.2 Å². The number of nitrogens with one attached hydrogen (secondary N) is 1. The van der Waals surface area contributed by atoms with Crippen molar-refractivity contribution in [2.45, 2.75) is 13.5 Å². The number of amides is 1. The number of halogens is 2. The quantitative estimate of drug-likeness (QED) is 0.390. The molecular weight excluding hydrogens is 418 g/mol. The maximum absolute atomic E-state index is 13.9. The van der Waals surface area contributed by atoms with E-state index in [-0.39, 0.29) is 17.2 Å². The van der Waals surface area contributed by atoms with Gasteiger partial charge in [-0.25, -0.2) is 13.8 Å². The Hall–Kier alpha value is -3.58. The third-order valence-corrected chi connectivity index (χ3v) is 5.42. The van der Waals surface area contributed by atoms with Crippen molar-refractivity contribution >= 4 is 22.9 Å². The summed E-state index contributed by atoms with van der Waals surface area (Å²) >= 11 is 1.32. The lowest BCUT2D eigenvalue weighted by Crippen LogP contribution is -2.13. The van der Waals surface area contributed by atoms with Crippen LogP contribution >= 0.6 is 11.3 Å². The number of aromatic nitrogens is 1. The lowest BCUT2D eigenvalue weighted by atomic mass is 10.2. The van der Waals surface area contributed by atoms with E-state index in [9.17, 15) is 13.6 Å². The van der Waals surface area contributed by atoms with Crippen LogP contribution in [0.25, 0.3) is 10.6 Å². The Balaban J connectivity index is 1.40. The summed E-state index contributed by atoms with van der Waals surface area (Å²) in [6, 6.07) is 18.0. The Kier molecular flexibility index (Phi) is 6.04. The van der Waals surface area contributed by atoms with Crippen LogP contribution in [0.4, 0.5) is 14.5 Å². The molecule has 0 bridgehead atoms. The molecular formula is C24H18F2N2O2S. The molecule has 0 saturated carbocycles. The van der Waals surface area contributed by atoms with E-state index in [1.807, 2.05) is 31.2 Å². The molecule has 0 atom stereocenters. The summed E-state index contributed by atoms with van der Waals surface area (Å²) in [5, 5.41) is 4.87. The number of hydrogen-bond donors (Lipinski definition) is 1. The van der Waals surface area contributed by atoms with Crippen molar-refractivity contribution in [2.75, 3.05) is 5.32 Å². The van der Waals surface area contributed by atoms with Crippen LogP contribution in [0.15, 0.2) is 72.1 Å². The van der Waals surface area contributed by atoms with Gasteiger partial charge in [0.15, 0.2) is 0 Å². The van der Waals surface area contributed by atoms with Crippen molar-refractivity contribution in [2.24, 2.45) is 0 Å². The standard InChI is InChI=1S/C24H18F2N2O2S/c1-15-2-11-20(26)21(12-15)27-23(29)22-14-31-24(28-22)17-5-9-19(10-6-17)30-13-16-3-7-18(25)8-4-16/h2-12,14H,13H2,1H3,(H,27,29). The molecule has 1 heterocycles. The van der Waals surface area contributed by atoms with Gasteiger partial charge in [0.25, 0.3) is 5.91 Å². The minimum atomic E-state index is -0.495. The number of carbonyl (C=O) groups is 1. The number of hydrogen-bond acceptors (Lipinski definition) is 4. The van der Waals surface area contributed by atoms with E-state index in [0.29, 0.717) is 17.4 Å². The van der Waals surface area contributed by atoms with E-state index < -0.39 is 11.7 Å². The zero-order valence-corrected chi connectivity index (χ0v) is 17.4. The Bertz CT molecular complexity index is 1210. The smallest absolute Gasteiger partial charge is 0.275 e. The van der Waals surface area contributed by atoms with Gasteiger partial charge in [-0.3, -0.25) is 4.79 Å². The Labute approximate surface area is 182 Å². The molecule has 0 unspecified atom stereocenters. The van der Waals surface area contributed by atoms with Gasteiger partial charge in [0.2, 0.25) is 0 Å². The highest BCUT2D eigenvalue weighted by molar-refractivity contribution is 7.13. The molecule has 3 aromatic carbocycles. The molecule has 0 radical (unpaired) electrons. The number of aryl methyl sites for hydroxylation is 1. The van der Waals surface area contributed by atoms with Gasteiger partial charge in [0.1, 0.15) is 34.7 Å². The van der Waals surface area contributed by atoms with Crippen molar-refractivity contribution in [3.63, 3.8) is 0 Å². The van der Waals surface area contributed by atoms with E-state index >= 15 is 0 Å². The maximum atomic E-state index is 13.9. The van der Waals surface area contributed by atoms with Crippen molar-refractivity contribution < 1.29 is 18.3 Å². The predicted molar refractivity (Wildman–Crippen MR) is 117 cm³/mol. The Morgan fingerprint density at radius 3 is 2.52 bits per heavy atom. The van der Waals surface area contributed by atoms with Gasteiger partial charge >= 0.3 is 0 Å². The lowest BCUT2D eigenvalue weighted by molar-refractivity contribution is 0.102. The minimum Gasteiger partial charge on any atom is -0.489 e. The first-order valence-electron chi connectivity index (χ1n) is 9.48. The Morgan fingerprint density at radius 1 is 1.03 bits per heavy atom. The van der Waals surface area contributed by atoms with E-state index in [0.717, 1.165) is 16.7 Å². The van der Waals surface area contributed by atoms with Crippen molar-refractivity contribution in [1.82, 2.24) is 4.98 Å². The lowest BCUT2D eigenvalue weighted by Gasteiger charge is -2.07. The first-order chi connectivity index (χ1) is 15.0. The largest absolute Gasteiger partial charge is 0.489 e. The second-order valence-corrected chi connectivity index (χ2v) is 7.77. The van der Waals surface area contributed by atoms with E-state index in [1.165, 1.54) is 29.5 Å². The summed E-state index contributed by atoms with van der Waals surface area (Å²) in [5.41, 5.74) is 2.89. The number of benzene rings is 3. The van der Waals surface area contributed by atoms with Crippen LogP contribution in [-0.4, -0.2) is 10.9 Å². The van der Waals surface area contributed by atoms with Gasteiger partial charge in [-0.05, 0) is 66.6 Å². The average Bonchev–Trinajstić information content (AvgIpc) is 3.27. The molecule has 0 aliphatic heterocycles. The number of carbonyl (C=O) groups excluding carboxylic acids is 1. The third kappa shape index (κ3) is 5.13. The van der Waals surface area contributed by atoms with Crippen LogP contribution < -0.4 is 10.1 Å². The van der Waals surface area contributed by atoms with E-state index in [1.54, 1.807) is 29.6 Å². The van der Waals surface area contributed by atoms with Gasteiger partial charge in [0.05, 0.1) is 5.69 Å². The van der Waals surface area contributed by atoms with Crippen LogP contribution in [0.5, 0.6) is 5.75 Å². The predicted octanol–water partition coefficient (Wildman–Crippen LogP) is 6.23. The maximum Gasteiger partial charge on any atom is 0.275 e. The molecule has 1 aromatic heterocycles. The van der Waals surface area contributed by atoms with Crippen LogP contribution in [0, 0.1) is 18.6 Å². The third-order valence-electron chi connectivity index (χ3n) is 4.53. The summed E-state index contributed by atoms with van der Waals surface area (Å²) in [4.78, 5) is 16.8. The van der Waals surface area contributed by atoms with Crippen LogP contribution in [0.1, 0.15) is 21.6 Å². The monoisotopic (exact) mass is 436 g/mol. The molecule has 7 heteroatoms. The summed E-state index contributed by atoms with van der Waals surface area (Å²) in [6.45, 7) is 2.15. The molecule has 0 fully saturated rings. The normalized spacial score (nSPS) is 10.7. The molecule has 0 aliphatic rings. The first-order valence-corrected chi connectivity index (χ1v) is 10.4. The minimum absolute atomic E-state index is 0.127. The number of thiazole rings is 1. The molecule has 4 nitrogen and oxygen atoms in total. The van der Waals surface area contributed by atoms with E-state index in [4.69, 9.17) is 4.74 Å². The highest BCUT2D eigenvalue weighted by Crippen LogP contribution is 2.27. The number of nitrogens with zero attached hydrogens (tertiary/aromatic N) is 1. The van der Waals surface area contributed by atoms with E-state index in [2.05, 4.69) is 10.3 Å². The molecule has 4 rings (SSSR count). The second kappa shape index (κ2) is 9.06. The average molecular weight is 436 g/mol. The van der Waals surface area contributed by atoms with Gasteiger partial charge < -0.3 is 10.1 Å². The molecule has 156 valence electrons. The van der Waals surface area contributed by atoms with Crippen molar-refractivity contribution in [3.05, 3.63) is 101 Å². The topological polar surface area (TPSA) is 51.2 Å². The van der Waals surface area contributed by atoms with Crippen LogP contribution in [0.3, 0.4) is 0 Å². The van der Waals surface area contributed by atoms with Crippen molar-refractivity contribution in [1.29, 1.82) is 0 Å². The Morgan fingerprint density at radius 2 is 1.77 bits per heavy atom. The zero-order chi connectivity index (χ0) is 21.8. The molecule has 0 saturated heterocycles. The highest BCUT2D eigenvalue weighted by atomic mass is 32.1. The van der Waals surface area contributed by atoms with Crippen LogP contribution in [0.2, 0.25) is 0 Å². The fourth-order valence-electron chi connectivity index (χ4n) is 2.87. The summed E-state index contributed by atoms with van der Waals surface area (Å²) in [5.74, 6) is -0.581. The summed E-state index contributed by atoms with van der Waals surface area (Å²) in [6.07, 6.45) is 0. The number of rotatable bonds is 6. The molecule has 1 N–H and O–H groups in total. The van der Waals surface area contributed by atoms with Crippen molar-refractivity contribution in [3.8, 4) is 16.3 Å². The highest BCUT2D eigenvalue weighted by Gasteiger charge is 2.14. The molecule has 4 aromatic rings. The number of anilines is 1. The zero-order valence-electron chi connectivity index (χ0n) is 16.6. The van der Waals surface area contributed by atoms with Gasteiger partial charge in [-0.2, -0.15) is 0 Å². The second-order valence-electron chi connectivity index (χ2n) is 6.91. The molecule has 1 amide bonds. The van der Waals surface area contributed by atoms with Gasteiger partial charge in [0, 0.05) is 10.9 Å². The number of ether oxygens (including phenoxy) is 1. The molecule has 0 spiro atoms. The summed E-state index contributed by atoms with van der Waals surface area (Å²) < 4.78 is 32.6. The summed E-state index contributed by atoms with van der Waals surface area (Å²) in [7, 11) is 0. The van der Waals surface area contributed by atoms with Gasteiger partial charge in [-0.15, -0.1) is 11.3 Å². The first kappa shape index (κ1) is 20.7. The SMILES string of the molecule is Cc1ccc(F)c(NC(=O)c2csc(-c3ccc(OCc4ccc(F)cc4)cc3)n2)c1. The fourth-order valence-corrected chi connectivity index (χ4v) is 3.68. The van der Waals surface area contributed by atoms with Crippen LogP contribution in [-0.2, 0) is 6.61 Å². The fraction of sp³-hybridized carbons (Fsp3) is 0.0833. The molecule has 0 aliphatic carbocycles.